The number of nitro benzene ring substituents is 1. The summed E-state index contributed by atoms with van der Waals surface area (Å²) in [6, 6.07) is 7.77. The van der Waals surface area contributed by atoms with Gasteiger partial charge in [0.15, 0.2) is 0 Å². The van der Waals surface area contributed by atoms with Crippen LogP contribution in [0.1, 0.15) is 29.2 Å². The Bertz CT molecular complexity index is 913. The zero-order valence-electron chi connectivity index (χ0n) is 15.0. The molecule has 2 aromatic carbocycles. The summed E-state index contributed by atoms with van der Waals surface area (Å²) in [6.45, 7) is 9.32. The number of rotatable bonds is 5. The molecule has 0 saturated heterocycles. The maximum absolute atomic E-state index is 13.3. The third-order valence-electron chi connectivity index (χ3n) is 4.12. The number of nitro groups is 1. The molecule has 2 aromatic rings. The van der Waals surface area contributed by atoms with Crippen molar-refractivity contribution in [3.63, 3.8) is 0 Å². The summed E-state index contributed by atoms with van der Waals surface area (Å²) in [4.78, 5) is 10.4. The predicted octanol–water partition coefficient (Wildman–Crippen LogP) is 4.04. The molecule has 0 radical (unpaired) electrons. The van der Waals surface area contributed by atoms with Gasteiger partial charge in [-0.1, -0.05) is 23.8 Å². The highest BCUT2D eigenvalue weighted by Crippen LogP contribution is 2.33. The first-order valence-corrected chi connectivity index (χ1v) is 9.39. The number of non-ortho nitro benzene ring substituents is 1. The van der Waals surface area contributed by atoms with E-state index in [1.807, 2.05) is 32.9 Å². The van der Waals surface area contributed by atoms with Gasteiger partial charge in [-0.05, 0) is 51.3 Å². The molecular weight excluding hydrogens is 340 g/mol. The molecule has 0 saturated carbocycles. The zero-order chi connectivity index (χ0) is 18.9. The lowest BCUT2D eigenvalue weighted by Gasteiger charge is -2.27. The average molecular weight is 362 g/mol. The maximum Gasteiger partial charge on any atom is 0.270 e. The molecule has 0 atom stereocenters. The van der Waals surface area contributed by atoms with Crippen molar-refractivity contribution in [2.45, 2.75) is 39.5 Å². The molecule has 0 bridgehead atoms. The number of sulfonamides is 1. The molecule has 0 heterocycles. The smallest absolute Gasteiger partial charge is 0.266 e. The summed E-state index contributed by atoms with van der Waals surface area (Å²) in [5.74, 6) is 0. The lowest BCUT2D eigenvalue weighted by molar-refractivity contribution is -0.385. The number of hydrogen-bond acceptors (Lipinski definition) is 4. The van der Waals surface area contributed by atoms with E-state index in [-0.39, 0.29) is 17.1 Å². The summed E-state index contributed by atoms with van der Waals surface area (Å²) >= 11 is 0. The van der Waals surface area contributed by atoms with Crippen LogP contribution < -0.4 is 4.31 Å². The van der Waals surface area contributed by atoms with E-state index in [9.17, 15) is 18.5 Å². The van der Waals surface area contributed by atoms with Crippen molar-refractivity contribution >= 4 is 21.4 Å². The molecule has 0 fully saturated rings. The van der Waals surface area contributed by atoms with Crippen LogP contribution in [0.15, 0.2) is 35.2 Å². The number of benzene rings is 2. The summed E-state index contributed by atoms with van der Waals surface area (Å²) in [5, 5.41) is 11.0. The van der Waals surface area contributed by atoms with Crippen molar-refractivity contribution in [3.05, 3.63) is 62.7 Å². The summed E-state index contributed by atoms with van der Waals surface area (Å²) in [6.07, 6.45) is 0. The van der Waals surface area contributed by atoms with Crippen LogP contribution in [0, 0.1) is 37.8 Å². The Morgan fingerprint density at radius 1 is 1.00 bits per heavy atom. The third-order valence-corrected chi connectivity index (χ3v) is 6.14. The monoisotopic (exact) mass is 362 g/mol. The number of anilines is 1. The van der Waals surface area contributed by atoms with Gasteiger partial charge in [0.1, 0.15) is 0 Å². The molecule has 0 aliphatic heterocycles. The lowest BCUT2D eigenvalue weighted by Crippen LogP contribution is -2.32. The standard InChI is InChI=1S/C18H22N2O4S/c1-6-19(18-14(4)9-12(2)10-15(18)5)25(23,24)17-11-16(20(21)22)8-7-13(17)3/h7-11H,6H2,1-5H3. The van der Waals surface area contributed by atoms with Gasteiger partial charge in [-0.15, -0.1) is 0 Å². The van der Waals surface area contributed by atoms with Crippen LogP contribution in [0.4, 0.5) is 11.4 Å². The highest BCUT2D eigenvalue weighted by Gasteiger charge is 2.29. The molecule has 0 aliphatic carbocycles. The molecule has 25 heavy (non-hydrogen) atoms. The van der Waals surface area contributed by atoms with E-state index in [4.69, 9.17) is 0 Å². The fraction of sp³-hybridized carbons (Fsp3) is 0.333. The van der Waals surface area contributed by atoms with Crippen LogP contribution in [-0.4, -0.2) is 19.9 Å². The molecule has 0 unspecified atom stereocenters. The first-order valence-electron chi connectivity index (χ1n) is 7.95. The Labute approximate surface area is 148 Å². The van der Waals surface area contributed by atoms with E-state index < -0.39 is 14.9 Å². The Balaban J connectivity index is 2.69. The van der Waals surface area contributed by atoms with Gasteiger partial charge in [0.05, 0.1) is 15.5 Å². The van der Waals surface area contributed by atoms with Crippen molar-refractivity contribution < 1.29 is 13.3 Å². The quantitative estimate of drug-likeness (QED) is 0.594. The predicted molar refractivity (Wildman–Crippen MR) is 98.7 cm³/mol. The van der Waals surface area contributed by atoms with Gasteiger partial charge in [-0.25, -0.2) is 8.42 Å². The van der Waals surface area contributed by atoms with Gasteiger partial charge in [-0.2, -0.15) is 0 Å². The van der Waals surface area contributed by atoms with Gasteiger partial charge in [0, 0.05) is 18.7 Å². The molecule has 0 N–H and O–H groups in total. The molecule has 6 nitrogen and oxygen atoms in total. The fourth-order valence-corrected chi connectivity index (χ4v) is 4.96. The first kappa shape index (κ1) is 18.9. The second-order valence-electron chi connectivity index (χ2n) is 6.12. The zero-order valence-corrected chi connectivity index (χ0v) is 15.8. The molecule has 0 spiro atoms. The van der Waals surface area contributed by atoms with Crippen molar-refractivity contribution in [2.24, 2.45) is 0 Å². The highest BCUT2D eigenvalue weighted by atomic mass is 32.2. The number of hydrogen-bond donors (Lipinski definition) is 0. The highest BCUT2D eigenvalue weighted by molar-refractivity contribution is 7.92. The fourth-order valence-electron chi connectivity index (χ4n) is 3.11. The van der Waals surface area contributed by atoms with E-state index in [0.717, 1.165) is 22.8 Å². The van der Waals surface area contributed by atoms with E-state index in [0.29, 0.717) is 11.3 Å². The second kappa shape index (κ2) is 6.84. The second-order valence-corrected chi connectivity index (χ2v) is 7.95. The van der Waals surface area contributed by atoms with Crippen molar-refractivity contribution in [1.82, 2.24) is 0 Å². The van der Waals surface area contributed by atoms with Crippen LogP contribution in [-0.2, 0) is 10.0 Å². The molecule has 0 aliphatic rings. The Hall–Kier alpha value is -2.41. The molecule has 7 heteroatoms. The van der Waals surface area contributed by atoms with E-state index in [1.165, 1.54) is 16.4 Å². The Morgan fingerprint density at radius 3 is 2.04 bits per heavy atom. The Kier molecular flexibility index (Phi) is 5.17. The third kappa shape index (κ3) is 3.51. The lowest BCUT2D eigenvalue weighted by atomic mass is 10.1. The number of nitrogens with zero attached hydrogens (tertiary/aromatic N) is 2. The van der Waals surface area contributed by atoms with Gasteiger partial charge in [0.2, 0.25) is 0 Å². The van der Waals surface area contributed by atoms with Gasteiger partial charge >= 0.3 is 0 Å². The molecular formula is C18H22N2O4S. The molecule has 2 rings (SSSR count). The van der Waals surface area contributed by atoms with Crippen molar-refractivity contribution in [1.29, 1.82) is 0 Å². The SMILES string of the molecule is CCN(c1c(C)cc(C)cc1C)S(=O)(=O)c1cc([N+](=O)[O-])ccc1C. The van der Waals surface area contributed by atoms with Crippen LogP contribution in [0.5, 0.6) is 0 Å². The average Bonchev–Trinajstić information content (AvgIpc) is 2.50. The number of aryl methyl sites for hydroxylation is 4. The molecule has 0 amide bonds. The molecule has 134 valence electrons. The van der Waals surface area contributed by atoms with Crippen LogP contribution >= 0.6 is 0 Å². The van der Waals surface area contributed by atoms with Gasteiger partial charge in [0.25, 0.3) is 15.7 Å². The minimum atomic E-state index is -3.92. The van der Waals surface area contributed by atoms with Gasteiger partial charge in [-0.3, -0.25) is 14.4 Å². The topological polar surface area (TPSA) is 80.5 Å². The van der Waals surface area contributed by atoms with E-state index in [2.05, 4.69) is 0 Å². The van der Waals surface area contributed by atoms with Crippen LogP contribution in [0.3, 0.4) is 0 Å². The van der Waals surface area contributed by atoms with Gasteiger partial charge < -0.3 is 0 Å². The van der Waals surface area contributed by atoms with Crippen molar-refractivity contribution in [3.8, 4) is 0 Å². The van der Waals surface area contributed by atoms with E-state index in [1.54, 1.807) is 13.8 Å². The normalized spacial score (nSPS) is 11.4. The van der Waals surface area contributed by atoms with Crippen LogP contribution in [0.25, 0.3) is 0 Å². The Morgan fingerprint density at radius 2 is 1.56 bits per heavy atom. The first-order chi connectivity index (χ1) is 11.6. The maximum atomic E-state index is 13.3. The van der Waals surface area contributed by atoms with Crippen LogP contribution in [0.2, 0.25) is 0 Å². The minimum absolute atomic E-state index is 0.0390. The molecule has 0 aromatic heterocycles. The largest absolute Gasteiger partial charge is 0.270 e. The summed E-state index contributed by atoms with van der Waals surface area (Å²) < 4.78 is 27.8. The summed E-state index contributed by atoms with van der Waals surface area (Å²) in [5.41, 5.74) is 3.62. The van der Waals surface area contributed by atoms with E-state index >= 15 is 0 Å². The van der Waals surface area contributed by atoms with Crippen molar-refractivity contribution in [2.75, 3.05) is 10.8 Å². The minimum Gasteiger partial charge on any atom is -0.266 e. The summed E-state index contributed by atoms with van der Waals surface area (Å²) in [7, 11) is -3.92.